The predicted molar refractivity (Wildman–Crippen MR) is 134 cm³/mol. The number of carboxylic acids is 2. The van der Waals surface area contributed by atoms with Gasteiger partial charge >= 0.3 is 17.9 Å². The molecule has 1 atom stereocenters. The zero-order chi connectivity index (χ0) is 27.6. The van der Waals surface area contributed by atoms with E-state index in [1.165, 1.54) is 24.3 Å². The van der Waals surface area contributed by atoms with E-state index in [4.69, 9.17) is 21.0 Å². The Kier molecular flexibility index (Phi) is 10.5. The van der Waals surface area contributed by atoms with Crippen molar-refractivity contribution in [2.75, 3.05) is 11.9 Å². The van der Waals surface area contributed by atoms with Crippen LogP contribution in [0.2, 0.25) is 0 Å². The van der Waals surface area contributed by atoms with Gasteiger partial charge in [0.1, 0.15) is 11.8 Å². The van der Waals surface area contributed by atoms with Crippen LogP contribution in [-0.4, -0.2) is 59.4 Å². The maximum absolute atomic E-state index is 12.9. The number of esters is 1. The first-order valence-electron chi connectivity index (χ1n) is 11.2. The van der Waals surface area contributed by atoms with Crippen LogP contribution in [-0.2, 0) is 26.3 Å². The number of carboxylic acid groups (broad SMARTS) is 2. The van der Waals surface area contributed by atoms with Gasteiger partial charge in [0, 0.05) is 18.8 Å². The Labute approximate surface area is 213 Å². The second-order valence-electron chi connectivity index (χ2n) is 7.90. The van der Waals surface area contributed by atoms with Crippen LogP contribution in [0.3, 0.4) is 0 Å². The summed E-state index contributed by atoms with van der Waals surface area (Å²) in [6.45, 7) is 1.35. The van der Waals surface area contributed by atoms with Crippen LogP contribution in [0, 0.1) is 5.41 Å². The van der Waals surface area contributed by atoms with E-state index < -0.39 is 40.6 Å². The summed E-state index contributed by atoms with van der Waals surface area (Å²) in [6, 6.07) is 10.3. The highest BCUT2D eigenvalue weighted by Crippen LogP contribution is 2.18. The topological polar surface area (TPSA) is 212 Å². The number of nitrogens with zero attached hydrogens (tertiary/aromatic N) is 1. The van der Waals surface area contributed by atoms with Crippen molar-refractivity contribution in [3.05, 3.63) is 59.7 Å². The number of nitrogens with two attached hydrogens (primary N) is 1. The lowest BCUT2D eigenvalue weighted by molar-refractivity contribution is -0.148. The lowest BCUT2D eigenvalue weighted by Gasteiger charge is -2.27. The van der Waals surface area contributed by atoms with Gasteiger partial charge in [-0.3, -0.25) is 15.0 Å². The standard InChI is InChI=1S/C23H29N5O8S/c1-2-3-11-28(19(21(31)32)13-20(29)30)37(34,35)26-14-15-5-4-6-18(12-15)36-22(33)16-7-9-17(10-8-16)27-23(24)25/h4-10,12,19,26H,2-3,11,13-14H2,1H3,(H,29,30)(H,31,32)(H4,24,25,27)/t19-/m0/s1. The molecule has 0 aliphatic carbocycles. The van der Waals surface area contributed by atoms with Gasteiger partial charge in [-0.25, -0.2) is 4.79 Å². The molecule has 2 aromatic rings. The average molecular weight is 536 g/mol. The largest absolute Gasteiger partial charge is 0.481 e. The number of carbonyl (C=O) groups excluding carboxylic acids is 1. The first-order chi connectivity index (χ1) is 17.4. The molecule has 0 saturated carbocycles. The molecule has 200 valence electrons. The monoisotopic (exact) mass is 535 g/mol. The number of benzene rings is 2. The van der Waals surface area contributed by atoms with Crippen molar-refractivity contribution in [3.8, 4) is 5.75 Å². The highest BCUT2D eigenvalue weighted by molar-refractivity contribution is 7.87. The lowest BCUT2D eigenvalue weighted by Crippen LogP contribution is -2.50. The summed E-state index contributed by atoms with van der Waals surface area (Å²) in [4.78, 5) is 35.2. The molecule has 2 aromatic carbocycles. The molecule has 0 bridgehead atoms. The van der Waals surface area contributed by atoms with E-state index in [-0.39, 0.29) is 30.4 Å². The average Bonchev–Trinajstić information content (AvgIpc) is 2.82. The molecule has 14 heteroatoms. The number of anilines is 1. The van der Waals surface area contributed by atoms with Gasteiger partial charge in [0.15, 0.2) is 5.96 Å². The minimum Gasteiger partial charge on any atom is -0.481 e. The van der Waals surface area contributed by atoms with Gasteiger partial charge in [-0.05, 0) is 48.4 Å². The molecule has 2 rings (SSSR count). The summed E-state index contributed by atoms with van der Waals surface area (Å²) in [5, 5.41) is 28.3. The molecule has 0 amide bonds. The quantitative estimate of drug-likeness (QED) is 0.0889. The minimum absolute atomic E-state index is 0.143. The lowest BCUT2D eigenvalue weighted by atomic mass is 10.2. The first kappa shape index (κ1) is 29.2. The summed E-state index contributed by atoms with van der Waals surface area (Å²) >= 11 is 0. The van der Waals surface area contributed by atoms with Gasteiger partial charge in [0.25, 0.3) is 10.2 Å². The molecule has 13 nitrogen and oxygen atoms in total. The molecule has 7 N–H and O–H groups in total. The molecule has 0 aromatic heterocycles. The minimum atomic E-state index is -4.37. The Morgan fingerprint density at radius 3 is 2.38 bits per heavy atom. The number of ether oxygens (including phenoxy) is 1. The highest BCUT2D eigenvalue weighted by atomic mass is 32.2. The van der Waals surface area contributed by atoms with Crippen molar-refractivity contribution >= 4 is 39.8 Å². The van der Waals surface area contributed by atoms with E-state index in [1.807, 2.05) is 0 Å². The van der Waals surface area contributed by atoms with E-state index in [2.05, 4.69) is 10.0 Å². The number of carbonyl (C=O) groups is 3. The van der Waals surface area contributed by atoms with E-state index >= 15 is 0 Å². The smallest absolute Gasteiger partial charge is 0.343 e. The van der Waals surface area contributed by atoms with Gasteiger partial charge in [0.05, 0.1) is 12.0 Å². The molecular weight excluding hydrogens is 506 g/mol. The zero-order valence-electron chi connectivity index (χ0n) is 20.0. The van der Waals surface area contributed by atoms with Gasteiger partial charge in [-0.15, -0.1) is 0 Å². The van der Waals surface area contributed by atoms with E-state index in [0.29, 0.717) is 28.4 Å². The molecule has 0 saturated heterocycles. The van der Waals surface area contributed by atoms with Gasteiger partial charge < -0.3 is 26.0 Å². The van der Waals surface area contributed by atoms with E-state index in [9.17, 15) is 27.9 Å². The highest BCUT2D eigenvalue weighted by Gasteiger charge is 2.36. The normalized spacial score (nSPS) is 12.1. The number of unbranched alkanes of at least 4 members (excludes halogenated alkanes) is 1. The third-order valence-corrected chi connectivity index (χ3v) is 6.57. The molecule has 0 unspecified atom stereocenters. The van der Waals surface area contributed by atoms with Crippen LogP contribution in [0.5, 0.6) is 5.75 Å². The molecule has 0 fully saturated rings. The molecular formula is C23H29N5O8S. The summed E-state index contributed by atoms with van der Waals surface area (Å²) < 4.78 is 34.1. The Morgan fingerprint density at radius 2 is 1.81 bits per heavy atom. The molecule has 0 spiro atoms. The van der Waals surface area contributed by atoms with Crippen molar-refractivity contribution in [1.29, 1.82) is 5.41 Å². The van der Waals surface area contributed by atoms with Crippen LogP contribution < -0.4 is 20.5 Å². The van der Waals surface area contributed by atoms with Crippen LogP contribution in [0.1, 0.15) is 42.1 Å². The number of hydrogen-bond acceptors (Lipinski definition) is 7. The van der Waals surface area contributed by atoms with Gasteiger partial charge in [-0.1, -0.05) is 25.5 Å². The van der Waals surface area contributed by atoms with Crippen molar-refractivity contribution < 1.29 is 37.8 Å². The summed E-state index contributed by atoms with van der Waals surface area (Å²) in [6.07, 6.45) is 0.00748. The Morgan fingerprint density at radius 1 is 1.14 bits per heavy atom. The Bertz CT molecular complexity index is 1230. The number of nitrogens with one attached hydrogen (secondary N) is 3. The number of hydrogen-bond donors (Lipinski definition) is 6. The number of aliphatic carboxylic acids is 2. The Hall–Kier alpha value is -4.01. The van der Waals surface area contributed by atoms with Crippen LogP contribution in [0.25, 0.3) is 0 Å². The third kappa shape index (κ3) is 9.18. The zero-order valence-corrected chi connectivity index (χ0v) is 20.8. The maximum atomic E-state index is 12.9. The fourth-order valence-corrected chi connectivity index (χ4v) is 4.61. The van der Waals surface area contributed by atoms with Crippen LogP contribution >= 0.6 is 0 Å². The molecule has 0 heterocycles. The van der Waals surface area contributed by atoms with Gasteiger partial charge in [0.2, 0.25) is 0 Å². The number of guanidine groups is 1. The summed E-state index contributed by atoms with van der Waals surface area (Å²) in [7, 11) is -4.37. The van der Waals surface area contributed by atoms with E-state index in [1.54, 1.807) is 31.2 Å². The van der Waals surface area contributed by atoms with Crippen molar-refractivity contribution in [2.45, 2.75) is 38.8 Å². The summed E-state index contributed by atoms with van der Waals surface area (Å²) in [5.74, 6) is -3.79. The fraction of sp³-hybridized carbons (Fsp3) is 0.304. The van der Waals surface area contributed by atoms with Crippen LogP contribution in [0.4, 0.5) is 5.69 Å². The first-order valence-corrected chi connectivity index (χ1v) is 12.6. The second kappa shape index (κ2) is 13.3. The number of rotatable bonds is 14. The second-order valence-corrected chi connectivity index (χ2v) is 9.60. The van der Waals surface area contributed by atoms with Crippen LogP contribution in [0.15, 0.2) is 48.5 Å². The SMILES string of the molecule is CCCCN([C@@H](CC(=O)O)C(=O)O)S(=O)(=O)NCc1cccc(OC(=O)c2ccc(NC(=N)N)cc2)c1. The molecule has 37 heavy (non-hydrogen) atoms. The Balaban J connectivity index is 2.12. The maximum Gasteiger partial charge on any atom is 0.343 e. The third-order valence-electron chi connectivity index (χ3n) is 5.01. The van der Waals surface area contributed by atoms with Crippen molar-refractivity contribution in [2.24, 2.45) is 5.73 Å². The molecule has 0 radical (unpaired) electrons. The van der Waals surface area contributed by atoms with Gasteiger partial charge in [-0.2, -0.15) is 17.4 Å². The predicted octanol–water partition coefficient (Wildman–Crippen LogP) is 1.58. The van der Waals surface area contributed by atoms with E-state index in [0.717, 1.165) is 0 Å². The molecule has 0 aliphatic rings. The van der Waals surface area contributed by atoms with Crippen molar-refractivity contribution in [1.82, 2.24) is 9.03 Å². The fourth-order valence-electron chi connectivity index (χ4n) is 3.22. The molecule has 0 aliphatic heterocycles. The van der Waals surface area contributed by atoms with Crippen molar-refractivity contribution in [3.63, 3.8) is 0 Å². The summed E-state index contributed by atoms with van der Waals surface area (Å²) in [5.41, 5.74) is 6.41.